The van der Waals surface area contributed by atoms with E-state index in [1.165, 1.54) is 4.90 Å². The number of rotatable bonds is 7. The fraction of sp³-hybridized carbons (Fsp3) is 0.400. The molecule has 1 aliphatic rings. The third-order valence-corrected chi connectivity index (χ3v) is 5.22. The number of aromatic nitrogens is 5. The minimum Gasteiger partial charge on any atom is -0.473 e. The van der Waals surface area contributed by atoms with E-state index in [0.717, 1.165) is 11.6 Å². The molecule has 2 atom stereocenters. The summed E-state index contributed by atoms with van der Waals surface area (Å²) in [6.45, 7) is 2.81. The number of halogens is 2. The first-order valence-corrected chi connectivity index (χ1v) is 9.66. The lowest BCUT2D eigenvalue weighted by atomic mass is 10.2. The highest BCUT2D eigenvalue weighted by molar-refractivity contribution is 5.87. The monoisotopic (exact) mass is 416 g/mol. The van der Waals surface area contributed by atoms with E-state index in [-0.39, 0.29) is 12.1 Å². The van der Waals surface area contributed by atoms with Crippen LogP contribution in [-0.4, -0.2) is 60.3 Å². The van der Waals surface area contributed by atoms with Crippen molar-refractivity contribution in [1.82, 2.24) is 29.3 Å². The maximum absolute atomic E-state index is 12.9. The molecule has 158 valence electrons. The maximum atomic E-state index is 12.9. The van der Waals surface area contributed by atoms with Crippen LogP contribution in [0.3, 0.4) is 0 Å². The largest absolute Gasteiger partial charge is 0.473 e. The summed E-state index contributed by atoms with van der Waals surface area (Å²) in [5.41, 5.74) is 2.19. The van der Waals surface area contributed by atoms with Gasteiger partial charge < -0.3 is 9.64 Å². The highest BCUT2D eigenvalue weighted by atomic mass is 19.3. The third-order valence-electron chi connectivity index (χ3n) is 5.22. The SMILES string of the molecule is C=CC(=O)N(CC(F)F)[C@H]1CC[C@@H](Oc2nc(-c3cnn(C)c3)cn3nccc23)C1. The average molecular weight is 416 g/mol. The molecule has 1 aliphatic carbocycles. The van der Waals surface area contributed by atoms with Crippen LogP contribution in [0.2, 0.25) is 0 Å². The molecule has 8 nitrogen and oxygen atoms in total. The van der Waals surface area contributed by atoms with Crippen LogP contribution < -0.4 is 4.74 Å². The molecule has 0 spiro atoms. The summed E-state index contributed by atoms with van der Waals surface area (Å²) >= 11 is 0. The highest BCUT2D eigenvalue weighted by Crippen LogP contribution is 2.31. The zero-order valence-corrected chi connectivity index (χ0v) is 16.5. The molecule has 30 heavy (non-hydrogen) atoms. The Balaban J connectivity index is 1.55. The van der Waals surface area contributed by atoms with Gasteiger partial charge in [0, 0.05) is 31.3 Å². The van der Waals surface area contributed by atoms with Crippen molar-refractivity contribution in [3.8, 4) is 17.1 Å². The van der Waals surface area contributed by atoms with Crippen molar-refractivity contribution in [2.45, 2.75) is 37.8 Å². The van der Waals surface area contributed by atoms with E-state index in [1.807, 2.05) is 13.2 Å². The second-order valence-electron chi connectivity index (χ2n) is 7.29. The molecule has 0 N–H and O–H groups in total. The van der Waals surface area contributed by atoms with Crippen molar-refractivity contribution in [3.05, 3.63) is 43.5 Å². The predicted octanol–water partition coefficient (Wildman–Crippen LogP) is 2.71. The molecule has 0 aliphatic heterocycles. The van der Waals surface area contributed by atoms with Gasteiger partial charge in [0.05, 0.1) is 30.8 Å². The lowest BCUT2D eigenvalue weighted by Gasteiger charge is -2.27. The molecule has 10 heteroatoms. The van der Waals surface area contributed by atoms with E-state index >= 15 is 0 Å². The maximum Gasteiger partial charge on any atom is 0.255 e. The first-order chi connectivity index (χ1) is 14.4. The molecule has 1 fully saturated rings. The number of carbonyl (C=O) groups excluding carboxylic acids is 1. The number of fused-ring (bicyclic) bond motifs is 1. The number of ether oxygens (including phenoxy) is 1. The van der Waals surface area contributed by atoms with Gasteiger partial charge >= 0.3 is 0 Å². The second kappa shape index (κ2) is 8.21. The summed E-state index contributed by atoms with van der Waals surface area (Å²) in [6.07, 6.45) is 6.89. The molecule has 3 aromatic heterocycles. The Kier molecular flexibility index (Phi) is 5.47. The molecular weight excluding hydrogens is 394 g/mol. The highest BCUT2D eigenvalue weighted by Gasteiger charge is 2.34. The van der Waals surface area contributed by atoms with Gasteiger partial charge in [0.1, 0.15) is 11.6 Å². The van der Waals surface area contributed by atoms with E-state index in [1.54, 1.807) is 33.9 Å². The summed E-state index contributed by atoms with van der Waals surface area (Å²) in [4.78, 5) is 17.9. The van der Waals surface area contributed by atoms with Crippen LogP contribution in [0.4, 0.5) is 8.78 Å². The number of aryl methyl sites for hydroxylation is 1. The first-order valence-electron chi connectivity index (χ1n) is 9.66. The fourth-order valence-electron chi connectivity index (χ4n) is 3.83. The Bertz CT molecular complexity index is 1060. The standard InChI is InChI=1S/C20H22F2N6O2/c1-3-19(29)27(12-18(21)22)14-4-5-15(8-14)30-20-17-6-7-23-28(17)11-16(25-20)13-9-24-26(2)10-13/h3,6-7,9-11,14-15,18H,1,4-5,8,12H2,2H3/t14-,15+/m0/s1. The zero-order valence-electron chi connectivity index (χ0n) is 16.5. The van der Waals surface area contributed by atoms with Crippen LogP contribution >= 0.6 is 0 Å². The van der Waals surface area contributed by atoms with Crippen LogP contribution in [-0.2, 0) is 11.8 Å². The van der Waals surface area contributed by atoms with Crippen molar-refractivity contribution >= 4 is 11.4 Å². The van der Waals surface area contributed by atoms with Gasteiger partial charge in [0.2, 0.25) is 11.8 Å². The number of hydrogen-bond acceptors (Lipinski definition) is 5. The summed E-state index contributed by atoms with van der Waals surface area (Å²) in [5, 5.41) is 8.45. The number of hydrogen-bond donors (Lipinski definition) is 0. The Morgan fingerprint density at radius 2 is 2.23 bits per heavy atom. The molecule has 0 saturated heterocycles. The molecule has 1 saturated carbocycles. The van der Waals surface area contributed by atoms with E-state index in [9.17, 15) is 13.6 Å². The first kappa shape index (κ1) is 20.0. The minimum atomic E-state index is -2.60. The van der Waals surface area contributed by atoms with E-state index < -0.39 is 18.9 Å². The zero-order chi connectivity index (χ0) is 21.3. The van der Waals surface area contributed by atoms with Crippen LogP contribution in [0.1, 0.15) is 19.3 Å². The summed E-state index contributed by atoms with van der Waals surface area (Å²) < 4.78 is 35.4. The average Bonchev–Trinajstić information content (AvgIpc) is 3.46. The van der Waals surface area contributed by atoms with Crippen molar-refractivity contribution in [2.24, 2.45) is 7.05 Å². The van der Waals surface area contributed by atoms with Gasteiger partial charge in [0.25, 0.3) is 6.43 Å². The van der Waals surface area contributed by atoms with Gasteiger partial charge in [-0.2, -0.15) is 10.2 Å². The molecule has 4 rings (SSSR count). The minimum absolute atomic E-state index is 0.247. The van der Waals surface area contributed by atoms with Gasteiger partial charge in [-0.1, -0.05) is 6.58 Å². The topological polar surface area (TPSA) is 77.6 Å². The Hall–Kier alpha value is -3.30. The van der Waals surface area contributed by atoms with E-state index in [2.05, 4.69) is 21.8 Å². The van der Waals surface area contributed by atoms with Gasteiger partial charge in [-0.3, -0.25) is 9.48 Å². The second-order valence-corrected chi connectivity index (χ2v) is 7.29. The fourth-order valence-corrected chi connectivity index (χ4v) is 3.83. The van der Waals surface area contributed by atoms with Gasteiger partial charge in [0.15, 0.2) is 0 Å². The predicted molar refractivity (Wildman–Crippen MR) is 105 cm³/mol. The lowest BCUT2D eigenvalue weighted by Crippen LogP contribution is -2.41. The van der Waals surface area contributed by atoms with Crippen LogP contribution in [0.5, 0.6) is 5.88 Å². The molecule has 0 aromatic carbocycles. The Morgan fingerprint density at radius 3 is 2.93 bits per heavy atom. The van der Waals surface area contributed by atoms with Crippen molar-refractivity contribution in [1.29, 1.82) is 0 Å². The van der Waals surface area contributed by atoms with Crippen molar-refractivity contribution in [2.75, 3.05) is 6.54 Å². The number of nitrogens with zero attached hydrogens (tertiary/aromatic N) is 6. The summed E-state index contributed by atoms with van der Waals surface area (Å²) in [7, 11) is 1.82. The van der Waals surface area contributed by atoms with Crippen LogP contribution in [0.15, 0.2) is 43.5 Å². The molecule has 3 heterocycles. The summed E-state index contributed by atoms with van der Waals surface area (Å²) in [5.74, 6) is -0.0780. The quantitative estimate of drug-likeness (QED) is 0.554. The smallest absolute Gasteiger partial charge is 0.255 e. The third kappa shape index (κ3) is 4.03. The van der Waals surface area contributed by atoms with E-state index in [4.69, 9.17) is 4.74 Å². The molecular formula is C20H22F2N6O2. The van der Waals surface area contributed by atoms with Crippen molar-refractivity contribution < 1.29 is 18.3 Å². The van der Waals surface area contributed by atoms with E-state index in [0.29, 0.717) is 36.4 Å². The van der Waals surface area contributed by atoms with Gasteiger partial charge in [-0.25, -0.2) is 18.3 Å². The number of carbonyl (C=O) groups is 1. The Morgan fingerprint density at radius 1 is 1.40 bits per heavy atom. The van der Waals surface area contributed by atoms with Crippen molar-refractivity contribution in [3.63, 3.8) is 0 Å². The number of alkyl halides is 2. The molecule has 0 bridgehead atoms. The number of amides is 1. The Labute approximate surface area is 171 Å². The molecule has 0 unspecified atom stereocenters. The lowest BCUT2D eigenvalue weighted by molar-refractivity contribution is -0.130. The van der Waals surface area contributed by atoms with Crippen LogP contribution in [0.25, 0.3) is 16.8 Å². The molecule has 3 aromatic rings. The van der Waals surface area contributed by atoms with Gasteiger partial charge in [-0.05, 0) is 25.0 Å². The van der Waals surface area contributed by atoms with Crippen LogP contribution in [0, 0.1) is 0 Å². The molecule has 1 amide bonds. The molecule has 0 radical (unpaired) electrons. The normalized spacial score (nSPS) is 18.8. The summed E-state index contributed by atoms with van der Waals surface area (Å²) in [6, 6.07) is 1.48. The van der Waals surface area contributed by atoms with Gasteiger partial charge in [-0.15, -0.1) is 0 Å².